The number of ether oxygens (including phenoxy) is 1. The van der Waals surface area contributed by atoms with Crippen LogP contribution in [0, 0.1) is 0 Å². The molecule has 1 aliphatic heterocycles. The first-order valence-electron chi connectivity index (χ1n) is 4.33. The van der Waals surface area contributed by atoms with Crippen LogP contribution in [0.1, 0.15) is 19.2 Å². The van der Waals surface area contributed by atoms with E-state index in [-0.39, 0.29) is 6.10 Å². The number of aromatic nitrogens is 3. The highest BCUT2D eigenvalue weighted by molar-refractivity contribution is 5.06. The summed E-state index contributed by atoms with van der Waals surface area (Å²) in [6.07, 6.45) is 1.95. The molecule has 0 spiro atoms. The van der Waals surface area contributed by atoms with Crippen molar-refractivity contribution in [3.05, 3.63) is 12.2 Å². The molecule has 13 heavy (non-hydrogen) atoms. The molecule has 1 aliphatic rings. The van der Waals surface area contributed by atoms with Crippen LogP contribution in [0.25, 0.3) is 0 Å². The summed E-state index contributed by atoms with van der Waals surface area (Å²) in [5.74, 6) is 0.581. The van der Waals surface area contributed by atoms with Gasteiger partial charge >= 0.3 is 0 Å². The Morgan fingerprint density at radius 2 is 2.54 bits per heavy atom. The van der Waals surface area contributed by atoms with Crippen LogP contribution < -0.4 is 0 Å². The van der Waals surface area contributed by atoms with Crippen LogP contribution in [0.15, 0.2) is 6.33 Å². The Kier molecular flexibility index (Phi) is 1.85. The SMILES string of the molecule is CC1OCCC1(O)c1nncn1C. The average molecular weight is 183 g/mol. The molecule has 0 radical (unpaired) electrons. The van der Waals surface area contributed by atoms with E-state index < -0.39 is 5.60 Å². The van der Waals surface area contributed by atoms with Crippen molar-refractivity contribution in [3.63, 3.8) is 0 Å². The first kappa shape index (κ1) is 8.65. The second-order valence-electron chi connectivity index (χ2n) is 3.45. The molecule has 1 aromatic rings. The summed E-state index contributed by atoms with van der Waals surface area (Å²) in [7, 11) is 1.82. The molecule has 0 aliphatic carbocycles. The minimum atomic E-state index is -0.967. The summed E-state index contributed by atoms with van der Waals surface area (Å²) in [6.45, 7) is 2.42. The van der Waals surface area contributed by atoms with E-state index in [1.165, 1.54) is 0 Å². The predicted molar refractivity (Wildman–Crippen MR) is 44.9 cm³/mol. The Labute approximate surface area is 76.3 Å². The van der Waals surface area contributed by atoms with Crippen LogP contribution in [0.2, 0.25) is 0 Å². The molecule has 0 amide bonds. The first-order valence-corrected chi connectivity index (χ1v) is 4.33. The van der Waals surface area contributed by atoms with E-state index >= 15 is 0 Å². The van der Waals surface area contributed by atoms with Gasteiger partial charge in [-0.05, 0) is 6.92 Å². The molecule has 72 valence electrons. The van der Waals surface area contributed by atoms with Gasteiger partial charge in [0.1, 0.15) is 6.33 Å². The maximum atomic E-state index is 10.3. The van der Waals surface area contributed by atoms with Crippen LogP contribution in [0.4, 0.5) is 0 Å². The molecule has 0 aromatic carbocycles. The summed E-state index contributed by atoms with van der Waals surface area (Å²) in [5.41, 5.74) is -0.967. The molecule has 1 aromatic heterocycles. The fourth-order valence-electron chi connectivity index (χ4n) is 1.70. The second-order valence-corrected chi connectivity index (χ2v) is 3.45. The molecule has 5 nitrogen and oxygen atoms in total. The second kappa shape index (κ2) is 2.78. The highest BCUT2D eigenvalue weighted by Gasteiger charge is 2.44. The third-order valence-corrected chi connectivity index (χ3v) is 2.62. The molecule has 2 atom stereocenters. The van der Waals surface area contributed by atoms with Crippen molar-refractivity contribution in [1.29, 1.82) is 0 Å². The molecular formula is C8H13N3O2. The van der Waals surface area contributed by atoms with Crippen molar-refractivity contribution in [1.82, 2.24) is 14.8 Å². The van der Waals surface area contributed by atoms with E-state index in [1.807, 2.05) is 14.0 Å². The van der Waals surface area contributed by atoms with Crippen molar-refractivity contribution in [2.75, 3.05) is 6.61 Å². The smallest absolute Gasteiger partial charge is 0.167 e. The summed E-state index contributed by atoms with van der Waals surface area (Å²) in [6, 6.07) is 0. The van der Waals surface area contributed by atoms with E-state index in [9.17, 15) is 5.11 Å². The topological polar surface area (TPSA) is 60.2 Å². The van der Waals surface area contributed by atoms with Crippen LogP contribution in [0.3, 0.4) is 0 Å². The van der Waals surface area contributed by atoms with E-state index in [2.05, 4.69) is 10.2 Å². The number of hydrogen-bond donors (Lipinski definition) is 1. The number of aryl methyl sites for hydroxylation is 1. The maximum absolute atomic E-state index is 10.3. The summed E-state index contributed by atoms with van der Waals surface area (Å²) < 4.78 is 7.04. The van der Waals surface area contributed by atoms with Crippen molar-refractivity contribution in [2.45, 2.75) is 25.0 Å². The zero-order valence-corrected chi connectivity index (χ0v) is 7.77. The zero-order valence-electron chi connectivity index (χ0n) is 7.77. The van der Waals surface area contributed by atoms with Crippen LogP contribution in [0.5, 0.6) is 0 Å². The van der Waals surface area contributed by atoms with Gasteiger partial charge in [0, 0.05) is 13.5 Å². The van der Waals surface area contributed by atoms with E-state index in [4.69, 9.17) is 4.74 Å². The molecule has 1 N–H and O–H groups in total. The molecule has 5 heteroatoms. The van der Waals surface area contributed by atoms with E-state index in [0.717, 1.165) is 0 Å². The Hall–Kier alpha value is -0.940. The minimum Gasteiger partial charge on any atom is -0.379 e. The lowest BCUT2D eigenvalue weighted by Gasteiger charge is -2.24. The highest BCUT2D eigenvalue weighted by Crippen LogP contribution is 2.33. The lowest BCUT2D eigenvalue weighted by Crippen LogP contribution is -2.35. The first-order chi connectivity index (χ1) is 6.14. The quantitative estimate of drug-likeness (QED) is 0.655. The zero-order chi connectivity index (χ0) is 9.47. The van der Waals surface area contributed by atoms with E-state index in [0.29, 0.717) is 18.9 Å². The highest BCUT2D eigenvalue weighted by atomic mass is 16.5. The number of hydrogen-bond acceptors (Lipinski definition) is 4. The van der Waals surface area contributed by atoms with Crippen LogP contribution in [-0.4, -0.2) is 32.6 Å². The monoisotopic (exact) mass is 183 g/mol. The average Bonchev–Trinajstić information content (AvgIpc) is 2.62. The van der Waals surface area contributed by atoms with E-state index in [1.54, 1.807) is 10.9 Å². The molecule has 2 heterocycles. The van der Waals surface area contributed by atoms with Crippen LogP contribution >= 0.6 is 0 Å². The van der Waals surface area contributed by atoms with Crippen molar-refractivity contribution in [3.8, 4) is 0 Å². The molecule has 0 saturated carbocycles. The van der Waals surface area contributed by atoms with Gasteiger partial charge in [0.25, 0.3) is 0 Å². The predicted octanol–water partition coefficient (Wildman–Crippen LogP) is -0.189. The standard InChI is InChI=1S/C8H13N3O2/c1-6-8(12,3-4-13-6)7-10-9-5-11(7)2/h5-6,12H,3-4H2,1-2H3. The Morgan fingerprint density at radius 3 is 3.00 bits per heavy atom. The molecule has 0 bridgehead atoms. The molecule has 2 unspecified atom stereocenters. The van der Waals surface area contributed by atoms with Gasteiger partial charge in [-0.1, -0.05) is 0 Å². The molecule has 1 fully saturated rings. The largest absolute Gasteiger partial charge is 0.379 e. The van der Waals surface area contributed by atoms with Crippen molar-refractivity contribution >= 4 is 0 Å². The Morgan fingerprint density at radius 1 is 1.77 bits per heavy atom. The van der Waals surface area contributed by atoms with Gasteiger partial charge < -0.3 is 14.4 Å². The van der Waals surface area contributed by atoms with Gasteiger partial charge in [0.2, 0.25) is 0 Å². The van der Waals surface area contributed by atoms with Gasteiger partial charge in [-0.15, -0.1) is 10.2 Å². The number of rotatable bonds is 1. The summed E-state index contributed by atoms with van der Waals surface area (Å²) in [4.78, 5) is 0. The van der Waals surface area contributed by atoms with Crippen LogP contribution in [-0.2, 0) is 17.4 Å². The van der Waals surface area contributed by atoms with Gasteiger partial charge in [0.15, 0.2) is 11.4 Å². The Bertz CT molecular complexity index is 312. The number of nitrogens with zero attached hydrogens (tertiary/aromatic N) is 3. The molecular weight excluding hydrogens is 170 g/mol. The Balaban J connectivity index is 2.39. The normalized spacial score (nSPS) is 33.9. The minimum absolute atomic E-state index is 0.213. The molecule has 1 saturated heterocycles. The van der Waals surface area contributed by atoms with Crippen molar-refractivity contribution in [2.24, 2.45) is 7.05 Å². The van der Waals surface area contributed by atoms with Gasteiger partial charge in [-0.3, -0.25) is 0 Å². The third kappa shape index (κ3) is 1.15. The summed E-state index contributed by atoms with van der Waals surface area (Å²) in [5, 5.41) is 17.9. The van der Waals surface area contributed by atoms with Crippen molar-refractivity contribution < 1.29 is 9.84 Å². The fraction of sp³-hybridized carbons (Fsp3) is 0.750. The molecule has 2 rings (SSSR count). The third-order valence-electron chi connectivity index (χ3n) is 2.62. The summed E-state index contributed by atoms with van der Waals surface area (Å²) >= 11 is 0. The lowest BCUT2D eigenvalue weighted by atomic mass is 9.96. The number of aliphatic hydroxyl groups is 1. The maximum Gasteiger partial charge on any atom is 0.167 e. The van der Waals surface area contributed by atoms with Gasteiger partial charge in [0.05, 0.1) is 12.7 Å². The fourth-order valence-corrected chi connectivity index (χ4v) is 1.70. The van der Waals surface area contributed by atoms with Gasteiger partial charge in [-0.2, -0.15) is 0 Å². The lowest BCUT2D eigenvalue weighted by molar-refractivity contribution is -0.0399. The van der Waals surface area contributed by atoms with Gasteiger partial charge in [-0.25, -0.2) is 0 Å².